The van der Waals surface area contributed by atoms with Crippen LogP contribution in [0.3, 0.4) is 0 Å². The Morgan fingerprint density at radius 3 is 2.83 bits per heavy atom. The zero-order chi connectivity index (χ0) is 15.8. The molecule has 3 heterocycles. The second-order valence-corrected chi connectivity index (χ2v) is 6.80. The Bertz CT molecular complexity index is 832. The van der Waals surface area contributed by atoms with Gasteiger partial charge < -0.3 is 10.1 Å². The van der Waals surface area contributed by atoms with Crippen LogP contribution in [-0.2, 0) is 19.4 Å². The lowest BCUT2D eigenvalue weighted by molar-refractivity contribution is 0.340. The predicted molar refractivity (Wildman–Crippen MR) is 94.5 cm³/mol. The SMILES string of the molecule is CCOc1ccc(-c2nc3sc4c(n3c2CC)CCNC4)cc1. The van der Waals surface area contributed by atoms with E-state index < -0.39 is 0 Å². The van der Waals surface area contributed by atoms with E-state index in [1.54, 1.807) is 0 Å². The van der Waals surface area contributed by atoms with E-state index in [9.17, 15) is 0 Å². The van der Waals surface area contributed by atoms with Gasteiger partial charge in [-0.2, -0.15) is 0 Å². The lowest BCUT2D eigenvalue weighted by Crippen LogP contribution is -2.23. The van der Waals surface area contributed by atoms with Crippen LogP contribution < -0.4 is 10.1 Å². The molecule has 0 saturated heterocycles. The highest BCUT2D eigenvalue weighted by Crippen LogP contribution is 2.33. The van der Waals surface area contributed by atoms with Crippen LogP contribution in [0.1, 0.15) is 30.1 Å². The Morgan fingerprint density at radius 1 is 1.26 bits per heavy atom. The maximum Gasteiger partial charge on any atom is 0.194 e. The topological polar surface area (TPSA) is 38.6 Å². The zero-order valence-electron chi connectivity index (χ0n) is 13.6. The molecule has 2 aromatic heterocycles. The Kier molecular flexibility index (Phi) is 3.83. The fraction of sp³-hybridized carbons (Fsp3) is 0.389. The third-order valence-electron chi connectivity index (χ3n) is 4.35. The molecule has 4 nitrogen and oxygen atoms in total. The summed E-state index contributed by atoms with van der Waals surface area (Å²) in [6, 6.07) is 8.30. The second-order valence-electron chi connectivity index (χ2n) is 5.73. The second kappa shape index (κ2) is 5.98. The van der Waals surface area contributed by atoms with Gasteiger partial charge in [-0.05, 0) is 37.6 Å². The zero-order valence-corrected chi connectivity index (χ0v) is 14.4. The minimum absolute atomic E-state index is 0.694. The number of fused-ring (bicyclic) bond motifs is 3. The first-order chi connectivity index (χ1) is 11.3. The molecule has 0 saturated carbocycles. The first kappa shape index (κ1) is 14.7. The molecule has 1 aliphatic heterocycles. The summed E-state index contributed by atoms with van der Waals surface area (Å²) in [5.74, 6) is 0.916. The summed E-state index contributed by atoms with van der Waals surface area (Å²) in [6.07, 6.45) is 2.07. The summed E-state index contributed by atoms with van der Waals surface area (Å²) in [5, 5.41) is 3.45. The van der Waals surface area contributed by atoms with Crippen molar-refractivity contribution >= 4 is 16.3 Å². The van der Waals surface area contributed by atoms with Crippen LogP contribution in [0, 0.1) is 0 Å². The Hall–Kier alpha value is -1.85. The summed E-state index contributed by atoms with van der Waals surface area (Å²) in [5.41, 5.74) is 5.06. The first-order valence-corrected chi connectivity index (χ1v) is 9.09. The van der Waals surface area contributed by atoms with Crippen molar-refractivity contribution in [3.63, 3.8) is 0 Å². The van der Waals surface area contributed by atoms with Crippen molar-refractivity contribution in [1.82, 2.24) is 14.7 Å². The normalized spacial score (nSPS) is 14.2. The van der Waals surface area contributed by atoms with Gasteiger partial charge in [-0.1, -0.05) is 18.3 Å². The Morgan fingerprint density at radius 2 is 2.09 bits per heavy atom. The fourth-order valence-electron chi connectivity index (χ4n) is 3.30. The smallest absolute Gasteiger partial charge is 0.194 e. The third-order valence-corrected chi connectivity index (χ3v) is 5.43. The lowest BCUT2D eigenvalue weighted by atomic mass is 10.1. The van der Waals surface area contributed by atoms with Gasteiger partial charge in [-0.25, -0.2) is 4.98 Å². The van der Waals surface area contributed by atoms with E-state index in [0.717, 1.165) is 42.3 Å². The van der Waals surface area contributed by atoms with Crippen molar-refractivity contribution in [3.8, 4) is 17.0 Å². The van der Waals surface area contributed by atoms with Crippen molar-refractivity contribution in [2.45, 2.75) is 33.2 Å². The summed E-state index contributed by atoms with van der Waals surface area (Å²) in [7, 11) is 0. The largest absolute Gasteiger partial charge is 0.494 e. The van der Waals surface area contributed by atoms with Gasteiger partial charge in [-0.3, -0.25) is 4.40 Å². The molecular formula is C18H21N3OS. The van der Waals surface area contributed by atoms with Gasteiger partial charge in [0.25, 0.3) is 0 Å². The van der Waals surface area contributed by atoms with Gasteiger partial charge in [0.15, 0.2) is 4.96 Å². The standard InChI is InChI=1S/C18H21N3OS/c1-3-14-17(12-5-7-13(8-6-12)22-4-2)20-18-21(14)15-9-10-19-11-16(15)23-18/h5-8,19H,3-4,9-11H2,1-2H3. The number of nitrogens with zero attached hydrogens (tertiary/aromatic N) is 2. The van der Waals surface area contributed by atoms with Crippen LogP contribution in [0.4, 0.5) is 0 Å². The minimum atomic E-state index is 0.694. The van der Waals surface area contributed by atoms with Crippen LogP contribution in [0.2, 0.25) is 0 Å². The number of thiazole rings is 1. The number of nitrogens with one attached hydrogen (secondary N) is 1. The average molecular weight is 327 g/mol. The summed E-state index contributed by atoms with van der Waals surface area (Å²) < 4.78 is 7.94. The molecule has 0 spiro atoms. The molecule has 1 aliphatic rings. The highest BCUT2D eigenvalue weighted by atomic mass is 32.1. The number of benzene rings is 1. The number of rotatable bonds is 4. The van der Waals surface area contributed by atoms with E-state index in [1.165, 1.54) is 21.8 Å². The predicted octanol–water partition coefficient (Wildman–Crippen LogP) is 3.67. The van der Waals surface area contributed by atoms with Crippen LogP contribution in [-0.4, -0.2) is 22.5 Å². The minimum Gasteiger partial charge on any atom is -0.494 e. The molecule has 23 heavy (non-hydrogen) atoms. The molecule has 4 rings (SSSR count). The molecule has 1 N–H and O–H groups in total. The number of hydrogen-bond acceptors (Lipinski definition) is 4. The highest BCUT2D eigenvalue weighted by Gasteiger charge is 2.22. The highest BCUT2D eigenvalue weighted by molar-refractivity contribution is 7.17. The quantitative estimate of drug-likeness (QED) is 0.794. The molecule has 0 aliphatic carbocycles. The Labute approximate surface area is 140 Å². The van der Waals surface area contributed by atoms with Gasteiger partial charge in [0.1, 0.15) is 5.75 Å². The van der Waals surface area contributed by atoms with Crippen LogP contribution in [0.15, 0.2) is 24.3 Å². The molecule has 0 amide bonds. The summed E-state index contributed by atoms with van der Waals surface area (Å²) in [6.45, 7) is 6.95. The molecule has 0 radical (unpaired) electrons. The molecular weight excluding hydrogens is 306 g/mol. The van der Waals surface area contributed by atoms with Crippen molar-refractivity contribution in [3.05, 3.63) is 40.5 Å². The van der Waals surface area contributed by atoms with E-state index in [2.05, 4.69) is 28.8 Å². The van der Waals surface area contributed by atoms with E-state index >= 15 is 0 Å². The van der Waals surface area contributed by atoms with Crippen molar-refractivity contribution < 1.29 is 4.74 Å². The molecule has 0 atom stereocenters. The van der Waals surface area contributed by atoms with Crippen LogP contribution in [0.25, 0.3) is 16.2 Å². The van der Waals surface area contributed by atoms with Crippen LogP contribution >= 0.6 is 11.3 Å². The summed E-state index contributed by atoms with van der Waals surface area (Å²) in [4.78, 5) is 7.51. The Balaban J connectivity index is 1.82. The third kappa shape index (κ3) is 2.44. The molecule has 5 heteroatoms. The van der Waals surface area contributed by atoms with Gasteiger partial charge >= 0.3 is 0 Å². The maximum absolute atomic E-state index is 5.54. The lowest BCUT2D eigenvalue weighted by Gasteiger charge is -2.13. The molecule has 0 bridgehead atoms. The van der Waals surface area contributed by atoms with Gasteiger partial charge in [-0.15, -0.1) is 0 Å². The number of ether oxygens (including phenoxy) is 1. The number of imidazole rings is 1. The average Bonchev–Trinajstić information content (AvgIpc) is 3.11. The molecule has 0 unspecified atom stereocenters. The van der Waals surface area contributed by atoms with E-state index in [0.29, 0.717) is 6.61 Å². The van der Waals surface area contributed by atoms with E-state index in [-0.39, 0.29) is 0 Å². The number of aromatic nitrogens is 2. The van der Waals surface area contributed by atoms with Crippen molar-refractivity contribution in [2.24, 2.45) is 0 Å². The summed E-state index contributed by atoms with van der Waals surface area (Å²) >= 11 is 1.82. The van der Waals surface area contributed by atoms with Crippen molar-refractivity contribution in [2.75, 3.05) is 13.2 Å². The number of aryl methyl sites for hydroxylation is 1. The first-order valence-electron chi connectivity index (χ1n) is 8.27. The fourth-order valence-corrected chi connectivity index (χ4v) is 4.46. The molecule has 3 aromatic rings. The molecule has 1 aromatic carbocycles. The maximum atomic E-state index is 5.54. The number of hydrogen-bond donors (Lipinski definition) is 1. The van der Waals surface area contributed by atoms with Gasteiger partial charge in [0, 0.05) is 35.6 Å². The van der Waals surface area contributed by atoms with E-state index in [4.69, 9.17) is 9.72 Å². The molecule has 120 valence electrons. The molecule has 0 fully saturated rings. The van der Waals surface area contributed by atoms with E-state index in [1.807, 2.05) is 30.4 Å². The monoisotopic (exact) mass is 327 g/mol. The van der Waals surface area contributed by atoms with Crippen molar-refractivity contribution in [1.29, 1.82) is 0 Å². The van der Waals surface area contributed by atoms with Crippen LogP contribution in [0.5, 0.6) is 5.75 Å². The van der Waals surface area contributed by atoms with Gasteiger partial charge in [0.2, 0.25) is 0 Å². The van der Waals surface area contributed by atoms with Gasteiger partial charge in [0.05, 0.1) is 18.0 Å².